The predicted octanol–water partition coefficient (Wildman–Crippen LogP) is 1.30. The number of hydrogen-bond acceptors (Lipinski definition) is 4. The van der Waals surface area contributed by atoms with Gasteiger partial charge in [0.05, 0.1) is 0 Å². The van der Waals surface area contributed by atoms with Crippen LogP contribution < -0.4 is 0 Å². The third-order valence-corrected chi connectivity index (χ3v) is 2.60. The van der Waals surface area contributed by atoms with Crippen molar-refractivity contribution in [1.29, 1.82) is 0 Å². The fraction of sp³-hybridized carbons (Fsp3) is 0.625. The highest BCUT2D eigenvalue weighted by atomic mass is 79.9. The van der Waals surface area contributed by atoms with Crippen LogP contribution in [0.2, 0.25) is 0 Å². The Hall–Kier alpha value is -0.910. The molecule has 5 nitrogen and oxygen atoms in total. The summed E-state index contributed by atoms with van der Waals surface area (Å²) >= 11 is 2.35. The van der Waals surface area contributed by atoms with Gasteiger partial charge in [-0.05, 0) is 12.8 Å². The molecular formula is C8H11BrO5. The van der Waals surface area contributed by atoms with Gasteiger partial charge in [0, 0.05) is 0 Å². The van der Waals surface area contributed by atoms with E-state index in [1.54, 1.807) is 0 Å². The zero-order valence-electron chi connectivity index (χ0n) is 7.87. The average molecular weight is 267 g/mol. The zero-order chi connectivity index (χ0) is 11.4. The van der Waals surface area contributed by atoms with Crippen LogP contribution >= 0.6 is 16.3 Å². The molecule has 0 radical (unpaired) electrons. The minimum absolute atomic E-state index is 0.0553. The van der Waals surface area contributed by atoms with Crippen molar-refractivity contribution in [3.05, 3.63) is 0 Å². The van der Waals surface area contributed by atoms with Crippen LogP contribution in [-0.4, -0.2) is 22.8 Å². The Balaban J connectivity index is 5.10. The van der Waals surface area contributed by atoms with E-state index in [1.807, 2.05) is 0 Å². The van der Waals surface area contributed by atoms with Gasteiger partial charge in [-0.2, -0.15) is 0 Å². The van der Waals surface area contributed by atoms with E-state index in [-0.39, 0.29) is 12.8 Å². The fourth-order valence-corrected chi connectivity index (χ4v) is 1.35. The number of carbonyl (C=O) groups is 3. The van der Waals surface area contributed by atoms with Gasteiger partial charge in [-0.15, -0.1) is 0 Å². The molecule has 0 saturated carbocycles. The molecule has 0 fully saturated rings. The Morgan fingerprint density at radius 1 is 1.29 bits per heavy atom. The largest absolute Gasteiger partial charge is 0.480 e. The molecule has 0 amide bonds. The number of Topliss-reactive ketones (excluding diaryl/α,β-unsaturated/α-hetero) is 1. The van der Waals surface area contributed by atoms with Crippen molar-refractivity contribution in [1.82, 2.24) is 0 Å². The summed E-state index contributed by atoms with van der Waals surface area (Å²) in [6, 6.07) is 0. The summed E-state index contributed by atoms with van der Waals surface area (Å²) in [6.07, 6.45) is 0.111. The van der Waals surface area contributed by atoms with Gasteiger partial charge in [0.1, 0.15) is 5.41 Å². The summed E-state index contributed by atoms with van der Waals surface area (Å²) < 4.78 is 4.03. The van der Waals surface area contributed by atoms with E-state index in [4.69, 9.17) is 5.11 Å². The van der Waals surface area contributed by atoms with Crippen molar-refractivity contribution < 1.29 is 23.3 Å². The lowest BCUT2D eigenvalue weighted by Crippen LogP contribution is -2.42. The monoisotopic (exact) mass is 266 g/mol. The first-order valence-electron chi connectivity index (χ1n) is 4.07. The van der Waals surface area contributed by atoms with Gasteiger partial charge in [-0.1, -0.05) is 13.8 Å². The van der Waals surface area contributed by atoms with E-state index in [9.17, 15) is 14.4 Å². The normalized spacial score (nSPS) is 10.8. The molecule has 1 N–H and O–H groups in total. The standard InChI is InChI=1S/C8H11BrO5/c1-3-8(4-2,7(12)13)5(10)6(11)14-9/h3-4H2,1-2H3,(H,12,13). The molecule has 14 heavy (non-hydrogen) atoms. The molecule has 6 heteroatoms. The predicted molar refractivity (Wildman–Crippen MR) is 50.7 cm³/mol. The Bertz CT molecular complexity index is 256. The minimum Gasteiger partial charge on any atom is -0.480 e. The topological polar surface area (TPSA) is 80.7 Å². The van der Waals surface area contributed by atoms with E-state index in [1.165, 1.54) is 13.8 Å². The first-order valence-corrected chi connectivity index (χ1v) is 4.71. The molecule has 0 rings (SSSR count). The Morgan fingerprint density at radius 2 is 1.71 bits per heavy atom. The number of carboxylic acid groups (broad SMARTS) is 1. The lowest BCUT2D eigenvalue weighted by Gasteiger charge is -2.22. The summed E-state index contributed by atoms with van der Waals surface area (Å²) in [5, 5.41) is 8.89. The Kier molecular flexibility index (Phi) is 4.76. The molecular weight excluding hydrogens is 256 g/mol. The third kappa shape index (κ3) is 2.12. The van der Waals surface area contributed by atoms with Gasteiger partial charge in [-0.3, -0.25) is 9.59 Å². The van der Waals surface area contributed by atoms with Crippen molar-refractivity contribution in [3.63, 3.8) is 0 Å². The molecule has 0 spiro atoms. The molecule has 0 aliphatic carbocycles. The summed E-state index contributed by atoms with van der Waals surface area (Å²) in [7, 11) is 0. The highest BCUT2D eigenvalue weighted by Crippen LogP contribution is 2.28. The van der Waals surface area contributed by atoms with Gasteiger partial charge in [0.15, 0.2) is 16.3 Å². The molecule has 0 aliphatic rings. The maximum absolute atomic E-state index is 11.4. The van der Waals surface area contributed by atoms with Crippen LogP contribution in [0.15, 0.2) is 0 Å². The molecule has 0 heterocycles. The van der Waals surface area contributed by atoms with Crippen LogP contribution in [-0.2, 0) is 18.2 Å². The van der Waals surface area contributed by atoms with E-state index < -0.39 is 23.1 Å². The van der Waals surface area contributed by atoms with Crippen molar-refractivity contribution in [3.8, 4) is 0 Å². The van der Waals surface area contributed by atoms with Crippen LogP contribution in [0.25, 0.3) is 0 Å². The lowest BCUT2D eigenvalue weighted by atomic mass is 9.78. The number of ketones is 1. The number of aliphatic carboxylic acids is 1. The van der Waals surface area contributed by atoms with Gasteiger partial charge in [-0.25, -0.2) is 4.79 Å². The number of halogens is 1. The van der Waals surface area contributed by atoms with Crippen molar-refractivity contribution in [2.75, 3.05) is 0 Å². The van der Waals surface area contributed by atoms with Crippen LogP contribution in [0.4, 0.5) is 0 Å². The molecule has 0 aromatic rings. The van der Waals surface area contributed by atoms with Gasteiger partial charge in [0.25, 0.3) is 5.78 Å². The third-order valence-electron chi connectivity index (χ3n) is 2.31. The van der Waals surface area contributed by atoms with Crippen molar-refractivity contribution in [2.45, 2.75) is 26.7 Å². The van der Waals surface area contributed by atoms with Crippen LogP contribution in [0.1, 0.15) is 26.7 Å². The van der Waals surface area contributed by atoms with Crippen molar-refractivity contribution >= 4 is 34.0 Å². The second kappa shape index (κ2) is 5.09. The Labute approximate surface area is 89.9 Å². The van der Waals surface area contributed by atoms with Crippen LogP contribution in [0.5, 0.6) is 0 Å². The van der Waals surface area contributed by atoms with Gasteiger partial charge >= 0.3 is 11.9 Å². The molecule has 0 bridgehead atoms. The summed E-state index contributed by atoms with van der Waals surface area (Å²) in [5.74, 6) is -3.52. The average Bonchev–Trinajstić information content (AvgIpc) is 2.18. The highest BCUT2D eigenvalue weighted by molar-refractivity contribution is 9.06. The van der Waals surface area contributed by atoms with E-state index in [0.29, 0.717) is 0 Å². The minimum atomic E-state index is -1.66. The van der Waals surface area contributed by atoms with Gasteiger partial charge in [0.2, 0.25) is 0 Å². The van der Waals surface area contributed by atoms with E-state index in [0.717, 1.165) is 0 Å². The second-order valence-corrected chi connectivity index (χ2v) is 3.11. The van der Waals surface area contributed by atoms with E-state index in [2.05, 4.69) is 20.1 Å². The number of rotatable bonds is 5. The summed E-state index contributed by atoms with van der Waals surface area (Å²) in [4.78, 5) is 33.2. The first kappa shape index (κ1) is 13.1. The lowest BCUT2D eigenvalue weighted by molar-refractivity contribution is -0.162. The smallest absolute Gasteiger partial charge is 0.387 e. The molecule has 0 atom stereocenters. The van der Waals surface area contributed by atoms with E-state index >= 15 is 0 Å². The van der Waals surface area contributed by atoms with Crippen LogP contribution in [0, 0.1) is 5.41 Å². The zero-order valence-corrected chi connectivity index (χ0v) is 9.46. The second-order valence-electron chi connectivity index (χ2n) is 2.79. The van der Waals surface area contributed by atoms with Gasteiger partial charge < -0.3 is 8.93 Å². The summed E-state index contributed by atoms with van der Waals surface area (Å²) in [5.41, 5.74) is -1.66. The Morgan fingerprint density at radius 3 is 1.93 bits per heavy atom. The number of carbonyl (C=O) groups excluding carboxylic acids is 2. The molecule has 0 saturated heterocycles. The SMILES string of the molecule is CCC(CC)(C(=O)O)C(=O)C(=O)OBr. The molecule has 0 aliphatic heterocycles. The number of hydrogen-bond donors (Lipinski definition) is 1. The quantitative estimate of drug-likeness (QED) is 0.599. The highest BCUT2D eigenvalue weighted by Gasteiger charge is 2.46. The van der Waals surface area contributed by atoms with Crippen molar-refractivity contribution in [2.24, 2.45) is 5.41 Å². The maximum Gasteiger partial charge on any atom is 0.387 e. The number of carboxylic acids is 1. The summed E-state index contributed by atoms with van der Waals surface area (Å²) in [6.45, 7) is 3.08. The molecule has 0 aromatic heterocycles. The maximum atomic E-state index is 11.4. The molecule has 0 aromatic carbocycles. The molecule has 0 unspecified atom stereocenters. The fourth-order valence-electron chi connectivity index (χ4n) is 1.20. The molecule has 80 valence electrons. The van der Waals surface area contributed by atoms with Crippen LogP contribution in [0.3, 0.4) is 0 Å². The first-order chi connectivity index (χ1) is 6.46.